The summed E-state index contributed by atoms with van der Waals surface area (Å²) in [7, 11) is 0. The standard InChI is InChI=1S/C15H27N3O/c1-3-13-11-15(18(4-2)16-13)12-17-9-5-7-14(17)8-6-10-19/h11,14,19H,3-10,12H2,1-2H3. The molecule has 1 saturated heterocycles. The molecule has 19 heavy (non-hydrogen) atoms. The lowest BCUT2D eigenvalue weighted by Crippen LogP contribution is -2.30. The fourth-order valence-corrected chi connectivity index (χ4v) is 3.05. The minimum absolute atomic E-state index is 0.317. The second-order valence-corrected chi connectivity index (χ2v) is 5.43. The molecule has 0 aliphatic carbocycles. The molecule has 0 amide bonds. The van der Waals surface area contributed by atoms with E-state index in [1.807, 2.05) is 0 Å². The van der Waals surface area contributed by atoms with Gasteiger partial charge in [0, 0.05) is 25.7 Å². The Morgan fingerprint density at radius 1 is 1.42 bits per heavy atom. The molecule has 0 aromatic carbocycles. The first kappa shape index (κ1) is 14.5. The number of hydrogen-bond donors (Lipinski definition) is 1. The van der Waals surface area contributed by atoms with E-state index in [0.717, 1.165) is 32.4 Å². The van der Waals surface area contributed by atoms with Crippen molar-refractivity contribution in [2.24, 2.45) is 0 Å². The van der Waals surface area contributed by atoms with E-state index in [0.29, 0.717) is 12.6 Å². The van der Waals surface area contributed by atoms with Gasteiger partial charge in [-0.2, -0.15) is 5.10 Å². The summed E-state index contributed by atoms with van der Waals surface area (Å²) in [5, 5.41) is 13.6. The molecular weight excluding hydrogens is 238 g/mol. The Bertz CT molecular complexity index is 389. The molecule has 0 radical (unpaired) electrons. The van der Waals surface area contributed by atoms with Crippen molar-refractivity contribution in [1.82, 2.24) is 14.7 Å². The molecule has 1 aromatic heterocycles. The van der Waals surface area contributed by atoms with E-state index in [-0.39, 0.29) is 0 Å². The molecule has 0 saturated carbocycles. The van der Waals surface area contributed by atoms with Gasteiger partial charge in [0.05, 0.1) is 11.4 Å². The lowest BCUT2D eigenvalue weighted by atomic mass is 10.1. The fraction of sp³-hybridized carbons (Fsp3) is 0.800. The van der Waals surface area contributed by atoms with Gasteiger partial charge in [-0.15, -0.1) is 0 Å². The number of hydrogen-bond acceptors (Lipinski definition) is 3. The number of aliphatic hydroxyl groups excluding tert-OH is 1. The van der Waals surface area contributed by atoms with Crippen molar-refractivity contribution in [3.63, 3.8) is 0 Å². The molecule has 1 unspecified atom stereocenters. The van der Waals surface area contributed by atoms with Crippen LogP contribution >= 0.6 is 0 Å². The average molecular weight is 265 g/mol. The second-order valence-electron chi connectivity index (χ2n) is 5.43. The molecule has 108 valence electrons. The molecule has 1 fully saturated rings. The van der Waals surface area contributed by atoms with Gasteiger partial charge in [0.15, 0.2) is 0 Å². The minimum atomic E-state index is 0.317. The third-order valence-electron chi connectivity index (χ3n) is 4.14. The molecule has 2 heterocycles. The maximum absolute atomic E-state index is 8.99. The number of aryl methyl sites for hydroxylation is 2. The zero-order valence-corrected chi connectivity index (χ0v) is 12.3. The van der Waals surface area contributed by atoms with Gasteiger partial charge in [0.2, 0.25) is 0 Å². The Hall–Kier alpha value is -0.870. The number of aliphatic hydroxyl groups is 1. The first-order valence-electron chi connectivity index (χ1n) is 7.69. The number of aromatic nitrogens is 2. The van der Waals surface area contributed by atoms with Gasteiger partial charge in [0.25, 0.3) is 0 Å². The van der Waals surface area contributed by atoms with Crippen molar-refractivity contribution in [2.75, 3.05) is 13.2 Å². The molecule has 4 heteroatoms. The Kier molecular flexibility index (Phi) is 5.40. The maximum Gasteiger partial charge on any atom is 0.0625 e. The highest BCUT2D eigenvalue weighted by Crippen LogP contribution is 2.23. The van der Waals surface area contributed by atoms with Crippen molar-refractivity contribution in [3.8, 4) is 0 Å². The highest BCUT2D eigenvalue weighted by molar-refractivity contribution is 5.11. The van der Waals surface area contributed by atoms with Crippen LogP contribution in [0.2, 0.25) is 0 Å². The highest BCUT2D eigenvalue weighted by atomic mass is 16.2. The summed E-state index contributed by atoms with van der Waals surface area (Å²) in [6, 6.07) is 2.91. The Morgan fingerprint density at radius 2 is 2.26 bits per heavy atom. The quantitative estimate of drug-likeness (QED) is 0.822. The molecule has 1 N–H and O–H groups in total. The normalized spacial score (nSPS) is 20.3. The van der Waals surface area contributed by atoms with E-state index in [1.165, 1.54) is 30.8 Å². The first-order valence-corrected chi connectivity index (χ1v) is 7.69. The monoisotopic (exact) mass is 265 g/mol. The summed E-state index contributed by atoms with van der Waals surface area (Å²) in [5.41, 5.74) is 2.54. The molecule has 0 bridgehead atoms. The van der Waals surface area contributed by atoms with Gasteiger partial charge in [-0.1, -0.05) is 6.92 Å². The van der Waals surface area contributed by atoms with E-state index in [1.54, 1.807) is 0 Å². The van der Waals surface area contributed by atoms with E-state index < -0.39 is 0 Å². The number of nitrogens with zero attached hydrogens (tertiary/aromatic N) is 3. The van der Waals surface area contributed by atoms with Gasteiger partial charge in [-0.3, -0.25) is 9.58 Å². The zero-order chi connectivity index (χ0) is 13.7. The highest BCUT2D eigenvalue weighted by Gasteiger charge is 2.25. The predicted molar refractivity (Wildman–Crippen MR) is 77.0 cm³/mol. The maximum atomic E-state index is 8.99. The van der Waals surface area contributed by atoms with E-state index >= 15 is 0 Å². The lowest BCUT2D eigenvalue weighted by Gasteiger charge is -2.24. The van der Waals surface area contributed by atoms with Crippen LogP contribution in [0.15, 0.2) is 6.07 Å². The van der Waals surface area contributed by atoms with Crippen LogP contribution in [0.5, 0.6) is 0 Å². The minimum Gasteiger partial charge on any atom is -0.396 e. The first-order chi connectivity index (χ1) is 9.28. The largest absolute Gasteiger partial charge is 0.396 e. The second kappa shape index (κ2) is 7.06. The third-order valence-corrected chi connectivity index (χ3v) is 4.14. The van der Waals surface area contributed by atoms with Gasteiger partial charge >= 0.3 is 0 Å². The molecule has 2 rings (SSSR count). The smallest absolute Gasteiger partial charge is 0.0625 e. The van der Waals surface area contributed by atoms with Crippen molar-refractivity contribution in [2.45, 2.75) is 65.1 Å². The summed E-state index contributed by atoms with van der Waals surface area (Å²) < 4.78 is 2.14. The summed E-state index contributed by atoms with van der Waals surface area (Å²) >= 11 is 0. The van der Waals surface area contributed by atoms with Gasteiger partial charge in [-0.25, -0.2) is 0 Å². The third kappa shape index (κ3) is 3.57. The SMILES string of the molecule is CCc1cc(CN2CCCC2CCCO)n(CC)n1. The van der Waals surface area contributed by atoms with Crippen LogP contribution in [0, 0.1) is 0 Å². The summed E-state index contributed by atoms with van der Waals surface area (Å²) in [6.45, 7) is 7.78. The van der Waals surface area contributed by atoms with Gasteiger partial charge in [-0.05, 0) is 51.6 Å². The fourth-order valence-electron chi connectivity index (χ4n) is 3.05. The Balaban J connectivity index is 2.00. The van der Waals surface area contributed by atoms with Crippen LogP contribution in [0.4, 0.5) is 0 Å². The zero-order valence-electron chi connectivity index (χ0n) is 12.3. The molecule has 1 aromatic rings. The topological polar surface area (TPSA) is 41.3 Å². The van der Waals surface area contributed by atoms with Crippen molar-refractivity contribution in [1.29, 1.82) is 0 Å². The van der Waals surface area contributed by atoms with E-state index in [2.05, 4.69) is 34.6 Å². The molecular formula is C15H27N3O. The average Bonchev–Trinajstić information content (AvgIpc) is 3.03. The van der Waals surface area contributed by atoms with Crippen LogP contribution < -0.4 is 0 Å². The van der Waals surface area contributed by atoms with Crippen LogP contribution in [0.25, 0.3) is 0 Å². The molecule has 1 aliphatic heterocycles. The van der Waals surface area contributed by atoms with E-state index in [9.17, 15) is 0 Å². The van der Waals surface area contributed by atoms with Gasteiger partial charge in [0.1, 0.15) is 0 Å². The van der Waals surface area contributed by atoms with Crippen LogP contribution in [-0.4, -0.2) is 39.0 Å². The van der Waals surface area contributed by atoms with Crippen molar-refractivity contribution < 1.29 is 5.11 Å². The van der Waals surface area contributed by atoms with Crippen LogP contribution in [-0.2, 0) is 19.5 Å². The molecule has 0 spiro atoms. The van der Waals surface area contributed by atoms with Crippen molar-refractivity contribution >= 4 is 0 Å². The van der Waals surface area contributed by atoms with E-state index in [4.69, 9.17) is 5.11 Å². The predicted octanol–water partition coefficient (Wildman–Crippen LogP) is 2.20. The summed E-state index contributed by atoms with van der Waals surface area (Å²) in [6.07, 6.45) is 5.62. The Morgan fingerprint density at radius 3 is 2.95 bits per heavy atom. The van der Waals surface area contributed by atoms with Crippen molar-refractivity contribution in [3.05, 3.63) is 17.5 Å². The molecule has 1 aliphatic rings. The molecule has 4 nitrogen and oxygen atoms in total. The summed E-state index contributed by atoms with van der Waals surface area (Å²) in [5.74, 6) is 0. The molecule has 1 atom stereocenters. The number of rotatable bonds is 7. The van der Waals surface area contributed by atoms with Gasteiger partial charge < -0.3 is 5.11 Å². The number of likely N-dealkylation sites (tertiary alicyclic amines) is 1. The summed E-state index contributed by atoms with van der Waals surface area (Å²) in [4.78, 5) is 2.57. The van der Waals surface area contributed by atoms with Crippen LogP contribution in [0.3, 0.4) is 0 Å². The Labute approximate surface area is 116 Å². The lowest BCUT2D eigenvalue weighted by molar-refractivity contribution is 0.206. The van der Waals surface area contributed by atoms with Crippen LogP contribution in [0.1, 0.15) is 50.9 Å².